The largest absolute Gasteiger partial charge is 0.473 e. The van der Waals surface area contributed by atoms with Crippen LogP contribution < -0.4 is 10.5 Å². The van der Waals surface area contributed by atoms with Gasteiger partial charge in [0.1, 0.15) is 11.9 Å². The van der Waals surface area contributed by atoms with Gasteiger partial charge in [-0.3, -0.25) is 5.73 Å². The van der Waals surface area contributed by atoms with E-state index in [1.54, 1.807) is 0 Å². The van der Waals surface area contributed by atoms with Crippen LogP contribution in [0.2, 0.25) is 0 Å². The van der Waals surface area contributed by atoms with Crippen LogP contribution in [-0.2, 0) is 6.42 Å². The number of hydrogen-bond donors (Lipinski definition) is 2. The number of nitrogens with two attached hydrogens (primary N) is 1. The highest BCUT2D eigenvalue weighted by Crippen LogP contribution is 2.25. The van der Waals surface area contributed by atoms with E-state index in [2.05, 4.69) is 0 Å². The molecular formula is C9H11NO2. The fourth-order valence-corrected chi connectivity index (χ4v) is 1.35. The van der Waals surface area contributed by atoms with Crippen molar-refractivity contribution in [3.05, 3.63) is 29.8 Å². The highest BCUT2D eigenvalue weighted by molar-refractivity contribution is 5.35. The van der Waals surface area contributed by atoms with Crippen LogP contribution in [0.4, 0.5) is 0 Å². The van der Waals surface area contributed by atoms with E-state index in [0.717, 1.165) is 11.3 Å². The molecule has 1 heterocycles. The van der Waals surface area contributed by atoms with Crippen molar-refractivity contribution in [3.63, 3.8) is 0 Å². The molecule has 0 spiro atoms. The van der Waals surface area contributed by atoms with Crippen molar-refractivity contribution in [2.45, 2.75) is 18.8 Å². The summed E-state index contributed by atoms with van der Waals surface area (Å²) in [7, 11) is 0. The van der Waals surface area contributed by atoms with Gasteiger partial charge in [-0.15, -0.1) is 0 Å². The van der Waals surface area contributed by atoms with E-state index in [9.17, 15) is 5.11 Å². The Bertz CT molecular complexity index is 259. The lowest BCUT2D eigenvalue weighted by Gasteiger charge is -2.27. The van der Waals surface area contributed by atoms with Crippen LogP contribution >= 0.6 is 0 Å². The molecule has 3 N–H and O–H groups in total. The molecule has 1 aliphatic heterocycles. The minimum absolute atomic E-state index is 0.581. The topological polar surface area (TPSA) is 55.5 Å². The maximum absolute atomic E-state index is 9.37. The first-order chi connectivity index (χ1) is 5.77. The number of hydrogen-bond acceptors (Lipinski definition) is 3. The molecule has 0 bridgehead atoms. The fourth-order valence-electron chi connectivity index (χ4n) is 1.35. The Labute approximate surface area is 70.8 Å². The van der Waals surface area contributed by atoms with Crippen LogP contribution in [0.5, 0.6) is 5.75 Å². The van der Waals surface area contributed by atoms with Crippen molar-refractivity contribution in [1.29, 1.82) is 0 Å². The molecular weight excluding hydrogens is 154 g/mol. The van der Waals surface area contributed by atoms with Crippen molar-refractivity contribution in [2.75, 3.05) is 0 Å². The molecule has 3 heteroatoms. The lowest BCUT2D eigenvalue weighted by molar-refractivity contribution is 0.0258. The molecule has 64 valence electrons. The molecule has 0 amide bonds. The molecule has 0 radical (unpaired) electrons. The highest BCUT2D eigenvalue weighted by atomic mass is 16.5. The lowest BCUT2D eigenvalue weighted by Crippen LogP contribution is -2.44. The first-order valence-electron chi connectivity index (χ1n) is 3.95. The zero-order valence-electron chi connectivity index (χ0n) is 6.60. The minimum Gasteiger partial charge on any atom is -0.473 e. The molecule has 0 saturated carbocycles. The minimum atomic E-state index is -0.583. The Balaban J connectivity index is 2.34. The van der Waals surface area contributed by atoms with Gasteiger partial charge in [0.05, 0.1) is 0 Å². The van der Waals surface area contributed by atoms with E-state index in [1.165, 1.54) is 0 Å². The number of aliphatic hydroxyl groups excluding tert-OH is 1. The molecule has 3 nitrogen and oxygen atoms in total. The monoisotopic (exact) mass is 165 g/mol. The summed E-state index contributed by atoms with van der Waals surface area (Å²) < 4.78 is 5.27. The van der Waals surface area contributed by atoms with Gasteiger partial charge in [-0.1, -0.05) is 18.2 Å². The molecule has 0 unspecified atom stereocenters. The maximum atomic E-state index is 9.37. The molecule has 1 aromatic carbocycles. The average Bonchev–Trinajstić information content (AvgIpc) is 2.07. The van der Waals surface area contributed by atoms with E-state index in [-0.39, 0.29) is 0 Å². The van der Waals surface area contributed by atoms with Gasteiger partial charge < -0.3 is 9.84 Å². The van der Waals surface area contributed by atoms with Gasteiger partial charge in [0.15, 0.2) is 6.23 Å². The second kappa shape index (κ2) is 2.77. The SMILES string of the molecule is N[C@H]1Oc2ccccc2C[C@H]1O. The van der Waals surface area contributed by atoms with Crippen LogP contribution in [0, 0.1) is 0 Å². The van der Waals surface area contributed by atoms with E-state index in [4.69, 9.17) is 10.5 Å². The number of rotatable bonds is 0. The quantitative estimate of drug-likeness (QED) is 0.580. The lowest BCUT2D eigenvalue weighted by atomic mass is 10.0. The molecule has 0 saturated heterocycles. The Morgan fingerprint density at radius 3 is 3.00 bits per heavy atom. The molecule has 1 aromatic rings. The summed E-state index contributed by atoms with van der Waals surface area (Å²) in [6.07, 6.45) is -0.586. The normalized spacial score (nSPS) is 27.5. The van der Waals surface area contributed by atoms with Crippen molar-refractivity contribution >= 4 is 0 Å². The van der Waals surface area contributed by atoms with Crippen molar-refractivity contribution in [2.24, 2.45) is 5.73 Å². The smallest absolute Gasteiger partial charge is 0.174 e. The Hall–Kier alpha value is -1.06. The Morgan fingerprint density at radius 1 is 1.42 bits per heavy atom. The first kappa shape index (κ1) is 7.58. The number of ether oxygens (including phenoxy) is 1. The summed E-state index contributed by atoms with van der Waals surface area (Å²) in [5.41, 5.74) is 6.54. The molecule has 0 fully saturated rings. The first-order valence-corrected chi connectivity index (χ1v) is 3.95. The third-order valence-corrected chi connectivity index (χ3v) is 2.04. The second-order valence-electron chi connectivity index (χ2n) is 2.96. The van der Waals surface area contributed by atoms with Gasteiger partial charge in [-0.25, -0.2) is 0 Å². The molecule has 0 aliphatic carbocycles. The predicted octanol–water partition coefficient (Wildman–Crippen LogP) is 0.267. The summed E-state index contributed by atoms with van der Waals surface area (Å²) in [5.74, 6) is 0.787. The van der Waals surface area contributed by atoms with Gasteiger partial charge in [0, 0.05) is 6.42 Å². The van der Waals surface area contributed by atoms with E-state index in [1.807, 2.05) is 24.3 Å². The van der Waals surface area contributed by atoms with Gasteiger partial charge in [-0.05, 0) is 11.6 Å². The van der Waals surface area contributed by atoms with Gasteiger partial charge in [0.25, 0.3) is 0 Å². The molecule has 12 heavy (non-hydrogen) atoms. The Kier molecular flexibility index (Phi) is 1.75. The van der Waals surface area contributed by atoms with Crippen LogP contribution in [0.1, 0.15) is 5.56 Å². The predicted molar refractivity (Wildman–Crippen MR) is 44.8 cm³/mol. The van der Waals surface area contributed by atoms with Crippen LogP contribution in [0.3, 0.4) is 0 Å². The number of fused-ring (bicyclic) bond motifs is 1. The summed E-state index contributed by atoms with van der Waals surface area (Å²) >= 11 is 0. The molecule has 2 rings (SSSR count). The average molecular weight is 165 g/mol. The number of aliphatic hydroxyl groups is 1. The summed E-state index contributed by atoms with van der Waals surface area (Å²) in [4.78, 5) is 0. The van der Waals surface area contributed by atoms with E-state index < -0.39 is 12.3 Å². The molecule has 0 aromatic heterocycles. The van der Waals surface area contributed by atoms with E-state index >= 15 is 0 Å². The molecule has 1 aliphatic rings. The Morgan fingerprint density at radius 2 is 2.17 bits per heavy atom. The van der Waals surface area contributed by atoms with Crippen molar-refractivity contribution in [1.82, 2.24) is 0 Å². The standard InChI is InChI=1S/C9H11NO2/c10-9-7(11)5-6-3-1-2-4-8(6)12-9/h1-4,7,9,11H,5,10H2/t7-,9+/m1/s1. The zero-order valence-corrected chi connectivity index (χ0v) is 6.60. The maximum Gasteiger partial charge on any atom is 0.174 e. The summed E-state index contributed by atoms with van der Waals surface area (Å²) in [6.45, 7) is 0. The van der Waals surface area contributed by atoms with E-state index in [0.29, 0.717) is 6.42 Å². The number of benzene rings is 1. The third kappa shape index (κ3) is 1.17. The van der Waals surface area contributed by atoms with Crippen LogP contribution in [0.15, 0.2) is 24.3 Å². The summed E-state index contributed by atoms with van der Waals surface area (Å²) in [5, 5.41) is 9.37. The van der Waals surface area contributed by atoms with Crippen molar-refractivity contribution in [3.8, 4) is 5.75 Å². The third-order valence-electron chi connectivity index (χ3n) is 2.04. The van der Waals surface area contributed by atoms with Crippen molar-refractivity contribution < 1.29 is 9.84 Å². The van der Waals surface area contributed by atoms with Crippen LogP contribution in [0.25, 0.3) is 0 Å². The highest BCUT2D eigenvalue weighted by Gasteiger charge is 2.24. The van der Waals surface area contributed by atoms with Crippen LogP contribution in [-0.4, -0.2) is 17.4 Å². The number of para-hydroxylation sites is 1. The molecule has 2 atom stereocenters. The van der Waals surface area contributed by atoms with Gasteiger partial charge in [-0.2, -0.15) is 0 Å². The van der Waals surface area contributed by atoms with Gasteiger partial charge in [0.2, 0.25) is 0 Å². The zero-order chi connectivity index (χ0) is 8.55. The summed E-state index contributed by atoms with van der Waals surface area (Å²) in [6, 6.07) is 7.61. The van der Waals surface area contributed by atoms with Gasteiger partial charge >= 0.3 is 0 Å². The fraction of sp³-hybridized carbons (Fsp3) is 0.333. The second-order valence-corrected chi connectivity index (χ2v) is 2.96.